The predicted octanol–water partition coefficient (Wildman–Crippen LogP) is 1.74. The normalized spacial score (nSPS) is 12.5. The second kappa shape index (κ2) is 6.45. The van der Waals surface area contributed by atoms with E-state index < -0.39 is 5.97 Å². The van der Waals surface area contributed by atoms with E-state index >= 15 is 0 Å². The summed E-state index contributed by atoms with van der Waals surface area (Å²) in [6.45, 7) is 5.18. The molecule has 0 fully saturated rings. The zero-order chi connectivity index (χ0) is 11.1. The molecule has 0 rings (SSSR count). The first-order valence-corrected chi connectivity index (χ1v) is 4.46. The van der Waals surface area contributed by atoms with Crippen LogP contribution in [0.3, 0.4) is 0 Å². The lowest BCUT2D eigenvalue weighted by Crippen LogP contribution is -2.14. The lowest BCUT2D eigenvalue weighted by Gasteiger charge is -2.03. The zero-order valence-corrected chi connectivity index (χ0v) is 9.10. The molecule has 0 bridgehead atoms. The van der Waals surface area contributed by atoms with Crippen molar-refractivity contribution >= 4 is 34.3 Å². The lowest BCUT2D eigenvalue weighted by molar-refractivity contribution is -0.137. The third-order valence-corrected chi connectivity index (χ3v) is 1.48. The van der Waals surface area contributed by atoms with E-state index in [2.05, 4.69) is 16.3 Å². The maximum Gasteiger partial charge on any atom is 0.342 e. The number of halogens is 2. The largest absolute Gasteiger partial charge is 0.462 e. The quantitative estimate of drug-likeness (QED) is 0.350. The Labute approximate surface area is 92.0 Å². The van der Waals surface area contributed by atoms with Gasteiger partial charge in [0.05, 0.1) is 6.61 Å². The molecule has 0 amide bonds. The van der Waals surface area contributed by atoms with Crippen molar-refractivity contribution in [2.45, 2.75) is 6.92 Å². The Morgan fingerprint density at radius 2 is 2.21 bits per heavy atom. The number of carbonyl (C=O) groups excluding carboxylic acids is 1. The first-order valence-electron chi connectivity index (χ1n) is 3.70. The third-order valence-electron chi connectivity index (χ3n) is 1.10. The summed E-state index contributed by atoms with van der Waals surface area (Å²) in [5.41, 5.74) is 5.13. The fourth-order valence-corrected chi connectivity index (χ4v) is 0.967. The third kappa shape index (κ3) is 4.30. The van der Waals surface area contributed by atoms with Gasteiger partial charge in [0.25, 0.3) is 0 Å². The van der Waals surface area contributed by atoms with Gasteiger partial charge in [-0.3, -0.25) is 0 Å². The van der Waals surface area contributed by atoms with E-state index in [9.17, 15) is 4.79 Å². The first-order chi connectivity index (χ1) is 6.52. The van der Waals surface area contributed by atoms with Crippen molar-refractivity contribution < 1.29 is 9.53 Å². The maximum absolute atomic E-state index is 11.2. The lowest BCUT2D eigenvalue weighted by atomic mass is 10.3. The molecule has 0 unspecified atom stereocenters. The van der Waals surface area contributed by atoms with Crippen molar-refractivity contribution in [2.75, 3.05) is 6.61 Å². The summed E-state index contributed by atoms with van der Waals surface area (Å²) in [5, 5.41) is -0.190. The number of hydrogen-bond donors (Lipinski definition) is 1. The number of hydrogen-bond acceptors (Lipinski definition) is 4. The van der Waals surface area contributed by atoms with Gasteiger partial charge in [0.2, 0.25) is 0 Å². The van der Waals surface area contributed by atoms with Gasteiger partial charge < -0.3 is 10.5 Å². The second-order valence-electron chi connectivity index (χ2n) is 2.08. The van der Waals surface area contributed by atoms with Gasteiger partial charge in [0.15, 0.2) is 0 Å². The van der Waals surface area contributed by atoms with Gasteiger partial charge in [-0.15, -0.1) is 0 Å². The highest BCUT2D eigenvalue weighted by Crippen LogP contribution is 2.09. The van der Waals surface area contributed by atoms with E-state index in [0.717, 1.165) is 6.20 Å². The molecule has 0 aliphatic rings. The Morgan fingerprint density at radius 1 is 1.64 bits per heavy atom. The fraction of sp³-hybridized carbons (Fsp3) is 0.250. The van der Waals surface area contributed by atoms with Gasteiger partial charge in [0, 0.05) is 6.20 Å². The van der Waals surface area contributed by atoms with Crippen molar-refractivity contribution in [1.29, 1.82) is 0 Å². The standard InChI is InChI=1S/C8H10Cl2N2O2/c1-3-14-8(13)6(4-11)7(10)12-5(2)9/h4H,2-3,11H2,1H3/b6-4+,12-7?. The van der Waals surface area contributed by atoms with Crippen LogP contribution < -0.4 is 5.73 Å². The van der Waals surface area contributed by atoms with Gasteiger partial charge >= 0.3 is 5.97 Å². The average molecular weight is 237 g/mol. The van der Waals surface area contributed by atoms with Crippen LogP contribution in [0.15, 0.2) is 28.5 Å². The molecular weight excluding hydrogens is 227 g/mol. The van der Waals surface area contributed by atoms with Crippen LogP contribution in [0.5, 0.6) is 0 Å². The van der Waals surface area contributed by atoms with Crippen LogP contribution >= 0.6 is 23.2 Å². The van der Waals surface area contributed by atoms with E-state index in [1.165, 1.54) is 0 Å². The van der Waals surface area contributed by atoms with Crippen LogP contribution in [0.2, 0.25) is 0 Å². The summed E-state index contributed by atoms with van der Waals surface area (Å²) in [6.07, 6.45) is 1.00. The van der Waals surface area contributed by atoms with Crippen molar-refractivity contribution in [3.63, 3.8) is 0 Å². The molecule has 0 spiro atoms. The van der Waals surface area contributed by atoms with Crippen LogP contribution in [0, 0.1) is 0 Å². The number of nitrogens with zero attached hydrogens (tertiary/aromatic N) is 1. The molecule has 0 atom stereocenters. The Hall–Kier alpha value is -1.00. The maximum atomic E-state index is 11.2. The SMILES string of the molecule is C=C(Cl)N=C(Cl)/C(=C\N)C(=O)OCC. The molecule has 6 heteroatoms. The molecule has 0 saturated heterocycles. The minimum Gasteiger partial charge on any atom is -0.462 e. The van der Waals surface area contributed by atoms with Gasteiger partial charge in [-0.05, 0) is 6.92 Å². The average Bonchev–Trinajstić information content (AvgIpc) is 2.04. The monoisotopic (exact) mass is 236 g/mol. The van der Waals surface area contributed by atoms with Crippen molar-refractivity contribution in [1.82, 2.24) is 0 Å². The van der Waals surface area contributed by atoms with E-state index in [1.54, 1.807) is 6.92 Å². The highest BCUT2D eigenvalue weighted by Gasteiger charge is 2.15. The van der Waals surface area contributed by atoms with Gasteiger partial charge in [-0.25, -0.2) is 9.79 Å². The molecule has 0 heterocycles. The number of ether oxygens (including phenoxy) is 1. The second-order valence-corrected chi connectivity index (χ2v) is 2.87. The van der Waals surface area contributed by atoms with Gasteiger partial charge in [0.1, 0.15) is 15.9 Å². The Morgan fingerprint density at radius 3 is 2.57 bits per heavy atom. The van der Waals surface area contributed by atoms with Crippen LogP contribution in [-0.2, 0) is 9.53 Å². The summed E-state index contributed by atoms with van der Waals surface area (Å²) in [4.78, 5) is 14.7. The van der Waals surface area contributed by atoms with Crippen LogP contribution in [0.25, 0.3) is 0 Å². The Kier molecular flexibility index (Phi) is 5.99. The highest BCUT2D eigenvalue weighted by atomic mass is 35.5. The number of rotatable bonds is 4. The van der Waals surface area contributed by atoms with Gasteiger partial charge in [-0.1, -0.05) is 29.8 Å². The Bertz CT molecular complexity index is 298. The molecule has 0 aliphatic heterocycles. The van der Waals surface area contributed by atoms with Crippen LogP contribution in [-0.4, -0.2) is 17.7 Å². The minimum absolute atomic E-state index is 0.0429. The molecule has 0 aromatic carbocycles. The van der Waals surface area contributed by atoms with Crippen molar-refractivity contribution in [3.8, 4) is 0 Å². The van der Waals surface area contributed by atoms with E-state index in [0.29, 0.717) is 0 Å². The smallest absolute Gasteiger partial charge is 0.342 e. The van der Waals surface area contributed by atoms with Crippen molar-refractivity contribution in [2.24, 2.45) is 10.7 Å². The molecule has 0 saturated carbocycles. The van der Waals surface area contributed by atoms with E-state index in [-0.39, 0.29) is 22.5 Å². The molecule has 78 valence electrons. The summed E-state index contributed by atoms with van der Waals surface area (Å²) in [7, 11) is 0. The molecule has 0 aromatic heterocycles. The number of esters is 1. The number of carbonyl (C=O) groups is 1. The van der Waals surface area contributed by atoms with Crippen molar-refractivity contribution in [3.05, 3.63) is 23.5 Å². The zero-order valence-electron chi connectivity index (χ0n) is 7.59. The summed E-state index contributed by atoms with van der Waals surface area (Å²) >= 11 is 11.0. The topological polar surface area (TPSA) is 64.7 Å². The molecule has 4 nitrogen and oxygen atoms in total. The highest BCUT2D eigenvalue weighted by molar-refractivity contribution is 6.72. The van der Waals surface area contributed by atoms with Gasteiger partial charge in [-0.2, -0.15) is 0 Å². The fourth-order valence-electron chi connectivity index (χ4n) is 0.597. The van der Waals surface area contributed by atoms with E-state index in [4.69, 9.17) is 28.9 Å². The summed E-state index contributed by atoms with van der Waals surface area (Å²) < 4.78 is 4.67. The first kappa shape index (κ1) is 13.0. The number of nitrogens with two attached hydrogens (primary N) is 1. The molecule has 2 N–H and O–H groups in total. The molecule has 0 aromatic rings. The summed E-state index contributed by atoms with van der Waals surface area (Å²) in [5.74, 6) is -0.651. The predicted molar refractivity (Wildman–Crippen MR) is 57.2 cm³/mol. The Balaban J connectivity index is 4.75. The molecule has 14 heavy (non-hydrogen) atoms. The number of aliphatic imine (C=N–C) groups is 1. The summed E-state index contributed by atoms with van der Waals surface area (Å²) in [6, 6.07) is 0. The van der Waals surface area contributed by atoms with Crippen LogP contribution in [0.4, 0.5) is 0 Å². The molecular formula is C8H10Cl2N2O2. The van der Waals surface area contributed by atoms with Crippen LogP contribution in [0.1, 0.15) is 6.92 Å². The minimum atomic E-state index is -0.651. The molecule has 0 radical (unpaired) electrons. The van der Waals surface area contributed by atoms with E-state index in [1.807, 2.05) is 0 Å². The molecule has 0 aliphatic carbocycles.